The summed E-state index contributed by atoms with van der Waals surface area (Å²) < 4.78 is 0. The molecule has 1 rings (SSSR count). The quantitative estimate of drug-likeness (QED) is 0.610. The maximum atomic E-state index is 4.22. The monoisotopic (exact) mass is 174 g/mol. The summed E-state index contributed by atoms with van der Waals surface area (Å²) in [5, 5.41) is 0. The van der Waals surface area contributed by atoms with Crippen molar-refractivity contribution in [3.05, 3.63) is 23.3 Å². The molecule has 0 aromatic carbocycles. The van der Waals surface area contributed by atoms with Crippen molar-refractivity contribution in [1.82, 2.24) is 9.97 Å². The molecular weight excluding hydrogens is 160 g/mol. The van der Waals surface area contributed by atoms with Gasteiger partial charge in [-0.3, -0.25) is 0 Å². The summed E-state index contributed by atoms with van der Waals surface area (Å²) in [5.41, 5.74) is 1.81. The van der Waals surface area contributed by atoms with Crippen LogP contribution in [0.1, 0.15) is 37.0 Å². The zero-order valence-corrected chi connectivity index (χ0v) is 8.39. The molecule has 0 unspecified atom stereocenters. The number of rotatable bonds is 1. The number of aromatic nitrogens is 2. The standard InChI is InChI=1S/C11H14N2/c1-4-5-6-7-11-8-9(2)12-10(3)13-11/h8H,4-5H2,1-3H3. The van der Waals surface area contributed by atoms with Gasteiger partial charge >= 0.3 is 0 Å². The largest absolute Gasteiger partial charge is 0.238 e. The minimum Gasteiger partial charge on any atom is -0.238 e. The summed E-state index contributed by atoms with van der Waals surface area (Å²) in [6.07, 6.45) is 2.03. The molecule has 2 heteroatoms. The van der Waals surface area contributed by atoms with Crippen molar-refractivity contribution in [2.75, 3.05) is 0 Å². The molecule has 2 nitrogen and oxygen atoms in total. The van der Waals surface area contributed by atoms with E-state index in [-0.39, 0.29) is 0 Å². The van der Waals surface area contributed by atoms with Crippen molar-refractivity contribution in [3.8, 4) is 11.8 Å². The van der Waals surface area contributed by atoms with E-state index in [1.54, 1.807) is 0 Å². The third kappa shape index (κ3) is 3.25. The minimum absolute atomic E-state index is 0.792. The Bertz CT molecular complexity index is 325. The van der Waals surface area contributed by atoms with Gasteiger partial charge in [0.25, 0.3) is 0 Å². The highest BCUT2D eigenvalue weighted by Gasteiger charge is 1.93. The molecule has 0 bridgehead atoms. The molecule has 0 saturated heterocycles. The molecule has 0 atom stereocenters. The Hall–Kier alpha value is -1.36. The lowest BCUT2D eigenvalue weighted by Crippen LogP contribution is -1.93. The first-order valence-electron chi connectivity index (χ1n) is 4.53. The molecule has 13 heavy (non-hydrogen) atoms. The first-order chi connectivity index (χ1) is 6.22. The van der Waals surface area contributed by atoms with Crippen LogP contribution in [-0.2, 0) is 0 Å². The predicted octanol–water partition coefficient (Wildman–Crippen LogP) is 2.25. The Kier molecular flexibility index (Phi) is 3.45. The van der Waals surface area contributed by atoms with E-state index in [0.29, 0.717) is 0 Å². The Morgan fingerprint density at radius 3 is 2.69 bits per heavy atom. The van der Waals surface area contributed by atoms with Crippen molar-refractivity contribution >= 4 is 0 Å². The highest BCUT2D eigenvalue weighted by Crippen LogP contribution is 1.98. The molecule has 0 saturated carbocycles. The van der Waals surface area contributed by atoms with Gasteiger partial charge in [-0.1, -0.05) is 12.8 Å². The summed E-state index contributed by atoms with van der Waals surface area (Å²) in [6.45, 7) is 5.96. The number of hydrogen-bond donors (Lipinski definition) is 0. The zero-order chi connectivity index (χ0) is 9.68. The van der Waals surface area contributed by atoms with Crippen LogP contribution in [0.4, 0.5) is 0 Å². The van der Waals surface area contributed by atoms with Crippen LogP contribution in [0.25, 0.3) is 0 Å². The summed E-state index contributed by atoms with van der Waals surface area (Å²) >= 11 is 0. The van der Waals surface area contributed by atoms with E-state index >= 15 is 0 Å². The van der Waals surface area contributed by atoms with Crippen molar-refractivity contribution in [1.29, 1.82) is 0 Å². The van der Waals surface area contributed by atoms with Crippen LogP contribution in [0.15, 0.2) is 6.07 Å². The Labute approximate surface area is 79.4 Å². The van der Waals surface area contributed by atoms with Crippen LogP contribution in [0.5, 0.6) is 0 Å². The number of hydrogen-bond acceptors (Lipinski definition) is 2. The van der Waals surface area contributed by atoms with Gasteiger partial charge in [0.15, 0.2) is 0 Å². The van der Waals surface area contributed by atoms with Gasteiger partial charge in [0.05, 0.1) is 0 Å². The SMILES string of the molecule is CCCC#Cc1cc(C)nc(C)n1. The molecule has 0 spiro atoms. The normalized spacial score (nSPS) is 9.15. The van der Waals surface area contributed by atoms with Gasteiger partial charge in [0.1, 0.15) is 11.5 Å². The second kappa shape index (κ2) is 4.61. The third-order valence-electron chi connectivity index (χ3n) is 1.56. The summed E-state index contributed by atoms with van der Waals surface area (Å²) in [6, 6.07) is 1.91. The van der Waals surface area contributed by atoms with Crippen LogP contribution < -0.4 is 0 Å². The molecule has 0 aliphatic carbocycles. The van der Waals surface area contributed by atoms with E-state index in [9.17, 15) is 0 Å². The third-order valence-corrected chi connectivity index (χ3v) is 1.56. The number of unbranched alkanes of at least 4 members (excludes halogenated alkanes) is 1. The molecule has 0 fully saturated rings. The Morgan fingerprint density at radius 2 is 2.08 bits per heavy atom. The second-order valence-electron chi connectivity index (χ2n) is 2.99. The average molecular weight is 174 g/mol. The van der Waals surface area contributed by atoms with Gasteiger partial charge in [-0.2, -0.15) is 0 Å². The first kappa shape index (κ1) is 9.73. The molecule has 0 amide bonds. The van der Waals surface area contributed by atoms with Crippen molar-refractivity contribution in [3.63, 3.8) is 0 Å². The highest BCUT2D eigenvalue weighted by atomic mass is 14.9. The minimum atomic E-state index is 0.792. The van der Waals surface area contributed by atoms with E-state index in [1.165, 1.54) is 0 Å². The van der Waals surface area contributed by atoms with Gasteiger partial charge in [-0.15, -0.1) is 0 Å². The van der Waals surface area contributed by atoms with Gasteiger partial charge in [0.2, 0.25) is 0 Å². The van der Waals surface area contributed by atoms with E-state index in [4.69, 9.17) is 0 Å². The smallest absolute Gasteiger partial charge is 0.126 e. The fourth-order valence-corrected chi connectivity index (χ4v) is 1.06. The van der Waals surface area contributed by atoms with Gasteiger partial charge < -0.3 is 0 Å². The van der Waals surface area contributed by atoms with Crippen LogP contribution in [0.3, 0.4) is 0 Å². The molecule has 1 heterocycles. The molecule has 68 valence electrons. The Balaban J connectivity index is 2.85. The van der Waals surface area contributed by atoms with Crippen LogP contribution in [0, 0.1) is 25.7 Å². The van der Waals surface area contributed by atoms with Crippen molar-refractivity contribution < 1.29 is 0 Å². The molecular formula is C11H14N2. The van der Waals surface area contributed by atoms with Crippen LogP contribution >= 0.6 is 0 Å². The lowest BCUT2D eigenvalue weighted by Gasteiger charge is -1.95. The molecule has 0 aliphatic rings. The van der Waals surface area contributed by atoms with Gasteiger partial charge in [0, 0.05) is 12.1 Å². The molecule has 0 radical (unpaired) electrons. The summed E-state index contributed by atoms with van der Waals surface area (Å²) in [7, 11) is 0. The van der Waals surface area contributed by atoms with E-state index in [2.05, 4.69) is 28.7 Å². The lowest BCUT2D eigenvalue weighted by atomic mass is 10.3. The van der Waals surface area contributed by atoms with Gasteiger partial charge in [-0.25, -0.2) is 9.97 Å². The molecule has 0 N–H and O–H groups in total. The van der Waals surface area contributed by atoms with Crippen molar-refractivity contribution in [2.24, 2.45) is 0 Å². The average Bonchev–Trinajstić information content (AvgIpc) is 2.03. The maximum Gasteiger partial charge on any atom is 0.126 e. The number of nitrogens with zero attached hydrogens (tertiary/aromatic N) is 2. The summed E-state index contributed by atoms with van der Waals surface area (Å²) in [5.74, 6) is 6.88. The fourth-order valence-electron chi connectivity index (χ4n) is 1.06. The topological polar surface area (TPSA) is 25.8 Å². The van der Waals surface area contributed by atoms with Crippen LogP contribution in [0.2, 0.25) is 0 Å². The molecule has 1 aromatic rings. The molecule has 1 aromatic heterocycles. The first-order valence-corrected chi connectivity index (χ1v) is 4.53. The number of aryl methyl sites for hydroxylation is 2. The predicted molar refractivity (Wildman–Crippen MR) is 53.3 cm³/mol. The Morgan fingerprint density at radius 1 is 1.31 bits per heavy atom. The summed E-state index contributed by atoms with van der Waals surface area (Å²) in [4.78, 5) is 8.40. The van der Waals surface area contributed by atoms with Crippen molar-refractivity contribution in [2.45, 2.75) is 33.6 Å². The zero-order valence-electron chi connectivity index (χ0n) is 8.39. The van der Waals surface area contributed by atoms with E-state index in [1.807, 2.05) is 19.9 Å². The van der Waals surface area contributed by atoms with E-state index < -0.39 is 0 Å². The lowest BCUT2D eigenvalue weighted by molar-refractivity contribution is 0.979. The second-order valence-corrected chi connectivity index (χ2v) is 2.99. The van der Waals surface area contributed by atoms with E-state index in [0.717, 1.165) is 30.1 Å². The fraction of sp³-hybridized carbons (Fsp3) is 0.455. The molecule has 0 aliphatic heterocycles. The maximum absolute atomic E-state index is 4.22. The van der Waals surface area contributed by atoms with Crippen LogP contribution in [-0.4, -0.2) is 9.97 Å². The van der Waals surface area contributed by atoms with Gasteiger partial charge in [-0.05, 0) is 32.3 Å². The highest BCUT2D eigenvalue weighted by molar-refractivity contribution is 5.28.